The molecule has 6 nitrogen and oxygen atoms in total. The van der Waals surface area contributed by atoms with E-state index in [2.05, 4.69) is 69.4 Å². The van der Waals surface area contributed by atoms with Crippen LogP contribution in [0.25, 0.3) is 0 Å². The van der Waals surface area contributed by atoms with Crippen molar-refractivity contribution in [1.29, 1.82) is 0 Å². The smallest absolute Gasteiger partial charge is 0.306 e. The molecule has 0 aromatic rings. The van der Waals surface area contributed by atoms with Crippen molar-refractivity contribution < 1.29 is 28.6 Å². The van der Waals surface area contributed by atoms with E-state index in [-0.39, 0.29) is 31.1 Å². The molecule has 0 aromatic heterocycles. The minimum atomic E-state index is -0.769. The summed E-state index contributed by atoms with van der Waals surface area (Å²) in [4.78, 5) is 38.1. The van der Waals surface area contributed by atoms with E-state index in [1.165, 1.54) is 276 Å². The molecule has 0 rings (SSSR count). The Morgan fingerprint density at radius 3 is 0.744 bits per heavy atom. The Morgan fingerprint density at radius 1 is 0.256 bits per heavy atom. The van der Waals surface area contributed by atoms with Gasteiger partial charge in [0.1, 0.15) is 13.2 Å². The van der Waals surface area contributed by atoms with E-state index in [1.54, 1.807) is 0 Å². The monoisotopic (exact) mass is 1150 g/mol. The first-order valence-corrected chi connectivity index (χ1v) is 36.6. The summed E-state index contributed by atoms with van der Waals surface area (Å²) in [6, 6.07) is 0. The highest BCUT2D eigenvalue weighted by atomic mass is 16.6. The largest absolute Gasteiger partial charge is 0.462 e. The van der Waals surface area contributed by atoms with Gasteiger partial charge in [-0.05, 0) is 57.8 Å². The van der Waals surface area contributed by atoms with Gasteiger partial charge in [0.2, 0.25) is 0 Å². The summed E-state index contributed by atoms with van der Waals surface area (Å²) in [5.41, 5.74) is 0. The van der Waals surface area contributed by atoms with Crippen LogP contribution in [0.3, 0.4) is 0 Å². The van der Waals surface area contributed by atoms with Crippen LogP contribution >= 0.6 is 0 Å². The number of allylic oxidation sites excluding steroid dienone is 8. The first-order valence-electron chi connectivity index (χ1n) is 36.6. The summed E-state index contributed by atoms with van der Waals surface area (Å²) >= 11 is 0. The number of ether oxygens (including phenoxy) is 3. The molecule has 0 fully saturated rings. The highest BCUT2D eigenvalue weighted by Crippen LogP contribution is 2.19. The minimum absolute atomic E-state index is 0.0677. The highest BCUT2D eigenvalue weighted by molar-refractivity contribution is 5.71. The number of hydrogen-bond acceptors (Lipinski definition) is 6. The lowest BCUT2D eigenvalue weighted by Crippen LogP contribution is -2.30. The van der Waals surface area contributed by atoms with Crippen molar-refractivity contribution in [2.45, 2.75) is 406 Å². The average Bonchev–Trinajstić information content (AvgIpc) is 3.47. The normalized spacial score (nSPS) is 12.3. The lowest BCUT2D eigenvalue weighted by molar-refractivity contribution is -0.167. The van der Waals surface area contributed by atoms with Crippen LogP contribution in [0.2, 0.25) is 0 Å². The van der Waals surface area contributed by atoms with Crippen molar-refractivity contribution >= 4 is 17.9 Å². The van der Waals surface area contributed by atoms with Crippen LogP contribution in [-0.4, -0.2) is 37.2 Å². The van der Waals surface area contributed by atoms with Crippen LogP contribution in [0.5, 0.6) is 0 Å². The third-order valence-electron chi connectivity index (χ3n) is 16.6. The third kappa shape index (κ3) is 68.2. The molecule has 0 spiro atoms. The molecule has 0 amide bonds. The summed E-state index contributed by atoms with van der Waals surface area (Å²) in [6.07, 6.45) is 90.6. The van der Waals surface area contributed by atoms with E-state index in [0.29, 0.717) is 19.3 Å². The second kappa shape index (κ2) is 70.9. The zero-order valence-corrected chi connectivity index (χ0v) is 55.3. The fourth-order valence-corrected chi connectivity index (χ4v) is 11.1. The van der Waals surface area contributed by atoms with Crippen molar-refractivity contribution in [3.63, 3.8) is 0 Å². The van der Waals surface area contributed by atoms with E-state index in [4.69, 9.17) is 14.2 Å². The molecule has 0 aliphatic carbocycles. The van der Waals surface area contributed by atoms with Crippen molar-refractivity contribution in [2.24, 2.45) is 0 Å². The Labute approximate surface area is 511 Å². The predicted molar refractivity (Wildman–Crippen MR) is 358 cm³/mol. The first-order chi connectivity index (χ1) is 40.5. The maximum atomic E-state index is 12.9. The van der Waals surface area contributed by atoms with Crippen LogP contribution in [0.1, 0.15) is 400 Å². The van der Waals surface area contributed by atoms with E-state index in [9.17, 15) is 14.4 Å². The summed E-state index contributed by atoms with van der Waals surface area (Å²) < 4.78 is 16.9. The van der Waals surface area contributed by atoms with Gasteiger partial charge in [0.05, 0.1) is 0 Å². The molecule has 0 saturated carbocycles. The Bertz CT molecular complexity index is 1410. The first kappa shape index (κ1) is 79.4. The second-order valence-electron chi connectivity index (χ2n) is 24.8. The van der Waals surface area contributed by atoms with Crippen LogP contribution in [0, 0.1) is 0 Å². The molecule has 0 radical (unpaired) electrons. The van der Waals surface area contributed by atoms with Crippen LogP contribution in [-0.2, 0) is 28.6 Å². The molecule has 0 aromatic carbocycles. The van der Waals surface area contributed by atoms with Gasteiger partial charge in [0.15, 0.2) is 6.10 Å². The number of rotatable bonds is 68. The zero-order chi connectivity index (χ0) is 59.2. The van der Waals surface area contributed by atoms with Gasteiger partial charge in [-0.1, -0.05) is 371 Å². The van der Waals surface area contributed by atoms with Crippen molar-refractivity contribution in [1.82, 2.24) is 0 Å². The Kier molecular flexibility index (Phi) is 68.6. The van der Waals surface area contributed by atoms with Crippen LogP contribution < -0.4 is 0 Å². The standard InChI is InChI=1S/C76H140O6/c1-4-7-10-13-16-18-20-22-24-26-28-30-32-34-36-37-38-39-41-42-44-46-48-50-52-54-56-58-60-63-66-69-75(78)81-72-73(71-80-74(77)68-65-62-15-12-9-6-3)82-76(79)70-67-64-61-59-57-55-53-51-49-47-45-43-40-35-33-31-29-27-25-23-21-19-17-14-11-8-5-2/h8,11,17,19,23,25,29,31,73H,4-7,9-10,12-16,18,20-22,24,26-28,30,32-72H2,1-3H3/b11-8-,19-17-,25-23-,31-29-. The van der Waals surface area contributed by atoms with E-state index in [1.807, 2.05) is 0 Å². The molecule has 82 heavy (non-hydrogen) atoms. The molecular weight excluding hydrogens is 1010 g/mol. The van der Waals surface area contributed by atoms with Gasteiger partial charge in [0, 0.05) is 19.3 Å². The fourth-order valence-electron chi connectivity index (χ4n) is 11.1. The Morgan fingerprint density at radius 2 is 0.476 bits per heavy atom. The maximum Gasteiger partial charge on any atom is 0.306 e. The summed E-state index contributed by atoms with van der Waals surface area (Å²) in [5.74, 6) is -0.853. The maximum absolute atomic E-state index is 12.9. The zero-order valence-electron chi connectivity index (χ0n) is 55.3. The van der Waals surface area contributed by atoms with Gasteiger partial charge in [-0.15, -0.1) is 0 Å². The van der Waals surface area contributed by atoms with Gasteiger partial charge in [-0.3, -0.25) is 14.4 Å². The molecule has 0 heterocycles. The number of carbonyl (C=O) groups excluding carboxylic acids is 3. The van der Waals surface area contributed by atoms with Crippen LogP contribution in [0.4, 0.5) is 0 Å². The number of carbonyl (C=O) groups is 3. The number of esters is 3. The average molecular weight is 1150 g/mol. The van der Waals surface area contributed by atoms with Gasteiger partial charge >= 0.3 is 17.9 Å². The second-order valence-corrected chi connectivity index (χ2v) is 24.8. The quantitative estimate of drug-likeness (QED) is 0.0261. The fraction of sp³-hybridized carbons (Fsp3) is 0.855. The van der Waals surface area contributed by atoms with Crippen LogP contribution in [0.15, 0.2) is 48.6 Å². The lowest BCUT2D eigenvalue weighted by Gasteiger charge is -2.18. The van der Waals surface area contributed by atoms with E-state index < -0.39 is 6.10 Å². The summed E-state index contributed by atoms with van der Waals surface area (Å²) in [5, 5.41) is 0. The number of unbranched alkanes of at least 4 members (excludes halogenated alkanes) is 49. The molecule has 0 aliphatic rings. The Hall–Kier alpha value is -2.63. The molecule has 480 valence electrons. The summed E-state index contributed by atoms with van der Waals surface area (Å²) in [6.45, 7) is 6.54. The molecule has 0 bridgehead atoms. The third-order valence-corrected chi connectivity index (χ3v) is 16.6. The molecular formula is C76H140O6. The molecule has 6 heteroatoms. The van der Waals surface area contributed by atoms with E-state index in [0.717, 1.165) is 83.5 Å². The Balaban J connectivity index is 3.94. The van der Waals surface area contributed by atoms with Crippen molar-refractivity contribution in [3.8, 4) is 0 Å². The molecule has 1 unspecified atom stereocenters. The van der Waals surface area contributed by atoms with Gasteiger partial charge < -0.3 is 14.2 Å². The summed E-state index contributed by atoms with van der Waals surface area (Å²) in [7, 11) is 0. The van der Waals surface area contributed by atoms with Gasteiger partial charge in [0.25, 0.3) is 0 Å². The minimum Gasteiger partial charge on any atom is -0.462 e. The SMILES string of the molecule is CC/C=C\C/C=C\C/C=C\C/C=C\CCCCCCCCCCCCCCCCC(=O)OC(COC(=O)CCCCCCCC)COC(=O)CCCCCCCCCCCCCCCCCCCCCCCCCCCCCCCCC. The molecule has 0 N–H and O–H groups in total. The van der Waals surface area contributed by atoms with Gasteiger partial charge in [-0.25, -0.2) is 0 Å². The predicted octanol–water partition coefficient (Wildman–Crippen LogP) is 25.3. The topological polar surface area (TPSA) is 78.9 Å². The van der Waals surface area contributed by atoms with E-state index >= 15 is 0 Å². The van der Waals surface area contributed by atoms with Gasteiger partial charge in [-0.2, -0.15) is 0 Å². The molecule has 0 aliphatic heterocycles. The number of hydrogen-bond donors (Lipinski definition) is 0. The van der Waals surface area contributed by atoms with Crippen molar-refractivity contribution in [3.05, 3.63) is 48.6 Å². The molecule has 1 atom stereocenters. The van der Waals surface area contributed by atoms with Crippen molar-refractivity contribution in [2.75, 3.05) is 13.2 Å². The molecule has 0 saturated heterocycles. The highest BCUT2D eigenvalue weighted by Gasteiger charge is 2.19. The lowest BCUT2D eigenvalue weighted by atomic mass is 10.0.